The van der Waals surface area contributed by atoms with Crippen molar-refractivity contribution in [3.8, 4) is 0 Å². The van der Waals surface area contributed by atoms with Crippen molar-refractivity contribution in [2.24, 2.45) is 11.1 Å². The van der Waals surface area contributed by atoms with Crippen molar-refractivity contribution < 1.29 is 14.6 Å². The number of aliphatic hydroxyl groups excluding tert-OH is 1. The molecule has 4 N–H and O–H groups in total. The number of hydrogen-bond donors (Lipinski definition) is 3. The van der Waals surface area contributed by atoms with Crippen LogP contribution in [0.4, 0.5) is 0 Å². The molecule has 3 unspecified atom stereocenters. The average molecular weight is 230 g/mol. The fourth-order valence-corrected chi connectivity index (χ4v) is 1.65. The van der Waals surface area contributed by atoms with Gasteiger partial charge in [-0.15, -0.1) is 0 Å². The van der Waals surface area contributed by atoms with Gasteiger partial charge in [-0.05, 0) is 5.41 Å². The smallest absolute Gasteiger partial charge is 0.220 e. The van der Waals surface area contributed by atoms with Crippen LogP contribution in [0.2, 0.25) is 0 Å². The van der Waals surface area contributed by atoms with E-state index in [1.54, 1.807) is 0 Å². The molecule has 0 aromatic carbocycles. The predicted octanol–water partition coefficient (Wildman–Crippen LogP) is -0.374. The van der Waals surface area contributed by atoms with Gasteiger partial charge in [0.05, 0.1) is 18.8 Å². The molecule has 0 aromatic rings. The SMILES string of the molecule is CC(C)(C)CC(=O)NCC1OCC(N)C1O. The minimum atomic E-state index is -0.685. The summed E-state index contributed by atoms with van der Waals surface area (Å²) in [6.45, 7) is 6.68. The summed E-state index contributed by atoms with van der Waals surface area (Å²) in [4.78, 5) is 11.5. The maximum Gasteiger partial charge on any atom is 0.220 e. The van der Waals surface area contributed by atoms with Crippen molar-refractivity contribution in [2.45, 2.75) is 45.4 Å². The van der Waals surface area contributed by atoms with Crippen LogP contribution in [-0.2, 0) is 9.53 Å². The zero-order chi connectivity index (χ0) is 12.3. The van der Waals surface area contributed by atoms with E-state index in [1.165, 1.54) is 0 Å². The number of ether oxygens (including phenoxy) is 1. The van der Waals surface area contributed by atoms with Crippen LogP contribution < -0.4 is 11.1 Å². The Balaban J connectivity index is 2.27. The second kappa shape index (κ2) is 5.12. The summed E-state index contributed by atoms with van der Waals surface area (Å²) in [5, 5.41) is 12.4. The molecule has 1 fully saturated rings. The van der Waals surface area contributed by atoms with Crippen molar-refractivity contribution in [1.82, 2.24) is 5.32 Å². The number of rotatable bonds is 3. The molecule has 1 aliphatic heterocycles. The minimum Gasteiger partial charge on any atom is -0.389 e. The molecule has 0 spiro atoms. The zero-order valence-corrected chi connectivity index (χ0v) is 10.2. The summed E-state index contributed by atoms with van der Waals surface area (Å²) in [7, 11) is 0. The quantitative estimate of drug-likeness (QED) is 0.617. The monoisotopic (exact) mass is 230 g/mol. The number of amides is 1. The van der Waals surface area contributed by atoms with Gasteiger partial charge < -0.3 is 20.9 Å². The van der Waals surface area contributed by atoms with Gasteiger partial charge in [-0.1, -0.05) is 20.8 Å². The van der Waals surface area contributed by atoms with Crippen LogP contribution in [-0.4, -0.2) is 42.4 Å². The lowest BCUT2D eigenvalue weighted by molar-refractivity contribution is -0.123. The Kier molecular flexibility index (Phi) is 4.29. The maximum absolute atomic E-state index is 11.5. The molecular formula is C11H22N2O3. The number of carbonyl (C=O) groups excluding carboxylic acids is 1. The highest BCUT2D eigenvalue weighted by Crippen LogP contribution is 2.18. The number of nitrogens with one attached hydrogen (secondary N) is 1. The van der Waals surface area contributed by atoms with Crippen LogP contribution in [0.15, 0.2) is 0 Å². The van der Waals surface area contributed by atoms with E-state index in [1.807, 2.05) is 20.8 Å². The van der Waals surface area contributed by atoms with E-state index >= 15 is 0 Å². The van der Waals surface area contributed by atoms with Crippen LogP contribution in [0.5, 0.6) is 0 Å². The van der Waals surface area contributed by atoms with Gasteiger partial charge >= 0.3 is 0 Å². The maximum atomic E-state index is 11.5. The Morgan fingerprint density at radius 3 is 2.62 bits per heavy atom. The van der Waals surface area contributed by atoms with Crippen LogP contribution in [0.25, 0.3) is 0 Å². The van der Waals surface area contributed by atoms with E-state index in [4.69, 9.17) is 10.5 Å². The summed E-state index contributed by atoms with van der Waals surface area (Å²) in [5.74, 6) is -0.0243. The van der Waals surface area contributed by atoms with Gasteiger partial charge in [0.1, 0.15) is 6.10 Å². The number of nitrogens with two attached hydrogens (primary N) is 1. The third-order valence-electron chi connectivity index (χ3n) is 2.51. The van der Waals surface area contributed by atoms with E-state index < -0.39 is 6.10 Å². The van der Waals surface area contributed by atoms with Crippen LogP contribution >= 0.6 is 0 Å². The van der Waals surface area contributed by atoms with Gasteiger partial charge in [0.25, 0.3) is 0 Å². The second-order valence-electron chi connectivity index (χ2n) is 5.57. The molecule has 0 radical (unpaired) electrons. The van der Waals surface area contributed by atoms with Crippen molar-refractivity contribution in [3.63, 3.8) is 0 Å². The fraction of sp³-hybridized carbons (Fsp3) is 0.909. The van der Waals surface area contributed by atoms with Gasteiger partial charge in [0, 0.05) is 13.0 Å². The molecule has 5 heteroatoms. The normalized spacial score (nSPS) is 30.4. The fourth-order valence-electron chi connectivity index (χ4n) is 1.65. The van der Waals surface area contributed by atoms with Crippen LogP contribution in [0.1, 0.15) is 27.2 Å². The molecule has 94 valence electrons. The number of aliphatic hydroxyl groups is 1. The van der Waals surface area contributed by atoms with Crippen molar-refractivity contribution in [3.05, 3.63) is 0 Å². The highest BCUT2D eigenvalue weighted by atomic mass is 16.5. The van der Waals surface area contributed by atoms with E-state index in [9.17, 15) is 9.90 Å². The predicted molar refractivity (Wildman–Crippen MR) is 60.8 cm³/mol. The molecule has 0 aliphatic carbocycles. The van der Waals surface area contributed by atoms with E-state index in [0.29, 0.717) is 19.6 Å². The Morgan fingerprint density at radius 2 is 2.19 bits per heavy atom. The average Bonchev–Trinajstić information content (AvgIpc) is 2.42. The number of hydrogen-bond acceptors (Lipinski definition) is 4. The Morgan fingerprint density at radius 1 is 1.56 bits per heavy atom. The molecule has 3 atom stereocenters. The zero-order valence-electron chi connectivity index (χ0n) is 10.2. The minimum absolute atomic E-state index is 0.0243. The molecule has 1 heterocycles. The Labute approximate surface area is 96.3 Å². The van der Waals surface area contributed by atoms with Gasteiger partial charge in [-0.25, -0.2) is 0 Å². The summed E-state index contributed by atoms with van der Waals surface area (Å²) >= 11 is 0. The summed E-state index contributed by atoms with van der Waals surface area (Å²) in [5.41, 5.74) is 5.56. The molecule has 1 aliphatic rings. The Hall–Kier alpha value is -0.650. The first-order valence-corrected chi connectivity index (χ1v) is 5.61. The van der Waals surface area contributed by atoms with Gasteiger partial charge in [0.15, 0.2) is 0 Å². The lowest BCUT2D eigenvalue weighted by atomic mass is 9.92. The van der Waals surface area contributed by atoms with E-state index in [2.05, 4.69) is 5.32 Å². The van der Waals surface area contributed by atoms with Gasteiger partial charge in [-0.2, -0.15) is 0 Å². The van der Waals surface area contributed by atoms with Crippen molar-refractivity contribution in [2.75, 3.05) is 13.2 Å². The third kappa shape index (κ3) is 4.08. The molecule has 1 amide bonds. The van der Waals surface area contributed by atoms with Crippen molar-refractivity contribution in [1.29, 1.82) is 0 Å². The van der Waals surface area contributed by atoms with Crippen LogP contribution in [0.3, 0.4) is 0 Å². The highest BCUT2D eigenvalue weighted by Gasteiger charge is 2.33. The molecule has 0 bridgehead atoms. The molecular weight excluding hydrogens is 208 g/mol. The molecule has 0 aromatic heterocycles. The summed E-state index contributed by atoms with van der Waals surface area (Å²) in [6, 6.07) is -0.343. The van der Waals surface area contributed by atoms with E-state index in [0.717, 1.165) is 0 Å². The largest absolute Gasteiger partial charge is 0.389 e. The molecule has 1 saturated heterocycles. The molecule has 16 heavy (non-hydrogen) atoms. The summed E-state index contributed by atoms with van der Waals surface area (Å²) < 4.78 is 5.27. The van der Waals surface area contributed by atoms with Crippen LogP contribution in [0, 0.1) is 5.41 Å². The second-order valence-corrected chi connectivity index (χ2v) is 5.57. The first kappa shape index (κ1) is 13.4. The third-order valence-corrected chi connectivity index (χ3v) is 2.51. The van der Waals surface area contributed by atoms with Gasteiger partial charge in [-0.3, -0.25) is 4.79 Å². The summed E-state index contributed by atoms with van der Waals surface area (Å²) in [6.07, 6.45) is -0.601. The topological polar surface area (TPSA) is 84.6 Å². The standard InChI is InChI=1S/C11H22N2O3/c1-11(2,3)4-9(14)13-5-8-10(15)7(12)6-16-8/h7-8,10,15H,4-6,12H2,1-3H3,(H,13,14). The molecule has 0 saturated carbocycles. The van der Waals surface area contributed by atoms with Gasteiger partial charge in [0.2, 0.25) is 5.91 Å². The highest BCUT2D eigenvalue weighted by molar-refractivity contribution is 5.76. The lowest BCUT2D eigenvalue weighted by Gasteiger charge is -2.19. The lowest BCUT2D eigenvalue weighted by Crippen LogP contribution is -2.42. The van der Waals surface area contributed by atoms with E-state index in [-0.39, 0.29) is 23.5 Å². The van der Waals surface area contributed by atoms with Crippen molar-refractivity contribution >= 4 is 5.91 Å². The first-order chi connectivity index (χ1) is 7.29. The molecule has 1 rings (SSSR count). The number of carbonyl (C=O) groups is 1. The Bertz CT molecular complexity index is 250. The molecule has 5 nitrogen and oxygen atoms in total. The first-order valence-electron chi connectivity index (χ1n) is 5.61.